The van der Waals surface area contributed by atoms with Crippen LogP contribution in [0.3, 0.4) is 0 Å². The fraction of sp³-hybridized carbons (Fsp3) is 0.190. The molecule has 2 aromatic rings. The highest BCUT2D eigenvalue weighted by Gasteiger charge is 2.24. The summed E-state index contributed by atoms with van der Waals surface area (Å²) in [6.45, 7) is 0.456. The van der Waals surface area contributed by atoms with Crippen molar-refractivity contribution in [3.8, 4) is 0 Å². The fourth-order valence-electron chi connectivity index (χ4n) is 2.72. The molecule has 3 rings (SSSR count). The topological polar surface area (TPSA) is 38.3 Å². The molecule has 1 atom stereocenters. The molecule has 0 aliphatic carbocycles. The predicted molar refractivity (Wildman–Crippen MR) is 96.2 cm³/mol. The van der Waals surface area contributed by atoms with Gasteiger partial charge in [0, 0.05) is 6.08 Å². The van der Waals surface area contributed by atoms with Crippen LogP contribution in [-0.4, -0.2) is 18.6 Å². The van der Waals surface area contributed by atoms with Gasteiger partial charge in [-0.05, 0) is 30.0 Å². The molecule has 1 aliphatic rings. The minimum Gasteiger partial charge on any atom is -0.491 e. The maximum Gasteiger partial charge on any atom is 0.248 e. The Labute approximate surface area is 142 Å². The van der Waals surface area contributed by atoms with Crippen molar-refractivity contribution in [2.75, 3.05) is 6.61 Å². The van der Waals surface area contributed by atoms with Crippen molar-refractivity contribution in [1.29, 1.82) is 0 Å². The second-order valence-corrected chi connectivity index (χ2v) is 5.76. The minimum atomic E-state index is -0.0740. The molecular formula is C21H21NO2. The lowest BCUT2D eigenvalue weighted by Gasteiger charge is -2.15. The Hall–Kier alpha value is -2.81. The number of carbonyl (C=O) groups excluding carboxylic acids is 1. The van der Waals surface area contributed by atoms with Crippen LogP contribution in [0.1, 0.15) is 17.5 Å². The summed E-state index contributed by atoms with van der Waals surface area (Å²) < 4.78 is 5.79. The zero-order valence-electron chi connectivity index (χ0n) is 13.5. The number of rotatable bonds is 7. The molecule has 3 heteroatoms. The van der Waals surface area contributed by atoms with E-state index in [2.05, 4.69) is 17.4 Å². The normalized spacial score (nSPS) is 16.9. The van der Waals surface area contributed by atoms with E-state index in [9.17, 15) is 4.79 Å². The second-order valence-electron chi connectivity index (χ2n) is 5.76. The first-order chi connectivity index (χ1) is 11.8. The number of ether oxygens (including phenoxy) is 1. The number of carbonyl (C=O) groups is 1. The molecule has 1 amide bonds. The molecule has 0 bridgehead atoms. The van der Waals surface area contributed by atoms with E-state index < -0.39 is 0 Å². The van der Waals surface area contributed by atoms with Crippen molar-refractivity contribution in [3.05, 3.63) is 89.7 Å². The van der Waals surface area contributed by atoms with Crippen molar-refractivity contribution < 1.29 is 9.53 Å². The molecule has 1 N–H and O–H groups in total. The van der Waals surface area contributed by atoms with Crippen LogP contribution in [0.25, 0.3) is 6.08 Å². The maximum atomic E-state index is 11.6. The van der Waals surface area contributed by atoms with Gasteiger partial charge >= 0.3 is 0 Å². The number of aryl methyl sites for hydroxylation is 1. The van der Waals surface area contributed by atoms with Crippen LogP contribution < -0.4 is 5.32 Å². The van der Waals surface area contributed by atoms with Gasteiger partial charge in [-0.25, -0.2) is 0 Å². The highest BCUT2D eigenvalue weighted by atomic mass is 16.5. The van der Waals surface area contributed by atoms with Crippen LogP contribution in [0.4, 0.5) is 0 Å². The Morgan fingerprint density at radius 3 is 2.46 bits per heavy atom. The monoisotopic (exact) mass is 319 g/mol. The van der Waals surface area contributed by atoms with Gasteiger partial charge in [-0.15, -0.1) is 0 Å². The van der Waals surface area contributed by atoms with Gasteiger partial charge < -0.3 is 10.1 Å². The maximum absolute atomic E-state index is 11.6. The summed E-state index contributed by atoms with van der Waals surface area (Å²) in [4.78, 5) is 11.6. The van der Waals surface area contributed by atoms with E-state index in [1.165, 1.54) is 5.56 Å². The van der Waals surface area contributed by atoms with Crippen LogP contribution in [-0.2, 0) is 16.0 Å². The molecule has 2 aromatic carbocycles. The molecule has 0 saturated carbocycles. The highest BCUT2D eigenvalue weighted by molar-refractivity contribution is 5.91. The first kappa shape index (κ1) is 16.1. The van der Waals surface area contributed by atoms with Crippen LogP contribution >= 0.6 is 0 Å². The number of hydrogen-bond acceptors (Lipinski definition) is 2. The summed E-state index contributed by atoms with van der Waals surface area (Å²) in [5.74, 6) is 0.656. The van der Waals surface area contributed by atoms with Gasteiger partial charge in [-0.1, -0.05) is 66.7 Å². The molecule has 24 heavy (non-hydrogen) atoms. The van der Waals surface area contributed by atoms with Crippen LogP contribution in [0, 0.1) is 0 Å². The molecule has 0 fully saturated rings. The molecule has 122 valence electrons. The summed E-state index contributed by atoms with van der Waals surface area (Å²) in [5.41, 5.74) is 2.40. The van der Waals surface area contributed by atoms with Crippen LogP contribution in [0.5, 0.6) is 0 Å². The Morgan fingerprint density at radius 1 is 1.00 bits per heavy atom. The van der Waals surface area contributed by atoms with E-state index in [-0.39, 0.29) is 11.9 Å². The summed E-state index contributed by atoms with van der Waals surface area (Å²) in [6.07, 6.45) is 7.29. The van der Waals surface area contributed by atoms with Crippen molar-refractivity contribution >= 4 is 12.0 Å². The average Bonchev–Trinajstić information content (AvgIpc) is 2.98. The average molecular weight is 319 g/mol. The van der Waals surface area contributed by atoms with E-state index in [0.717, 1.165) is 24.2 Å². The molecule has 3 nitrogen and oxygen atoms in total. The number of hydrogen-bond donors (Lipinski definition) is 1. The summed E-state index contributed by atoms with van der Waals surface area (Å²) >= 11 is 0. The predicted octanol–water partition coefficient (Wildman–Crippen LogP) is 3.73. The highest BCUT2D eigenvalue weighted by Crippen LogP contribution is 2.17. The van der Waals surface area contributed by atoms with Gasteiger partial charge in [0.15, 0.2) is 0 Å². The van der Waals surface area contributed by atoms with Gasteiger partial charge in [0.1, 0.15) is 12.4 Å². The van der Waals surface area contributed by atoms with Crippen molar-refractivity contribution in [2.24, 2.45) is 0 Å². The van der Waals surface area contributed by atoms with Crippen molar-refractivity contribution in [3.63, 3.8) is 0 Å². The summed E-state index contributed by atoms with van der Waals surface area (Å²) in [6, 6.07) is 20.3. The zero-order chi connectivity index (χ0) is 16.6. The van der Waals surface area contributed by atoms with Gasteiger partial charge in [0.2, 0.25) is 5.91 Å². The molecule has 0 radical (unpaired) electrons. The molecule has 0 spiro atoms. The quantitative estimate of drug-likeness (QED) is 0.844. The fourth-order valence-corrected chi connectivity index (χ4v) is 2.72. The lowest BCUT2D eigenvalue weighted by Crippen LogP contribution is -2.29. The molecule has 0 aromatic heterocycles. The number of nitrogens with one attached hydrogen (secondary N) is 1. The van der Waals surface area contributed by atoms with Crippen LogP contribution in [0.2, 0.25) is 0 Å². The molecule has 1 aliphatic heterocycles. The standard InChI is InChI=1S/C21H21NO2/c23-21-16-20(24-15-7-12-17-8-3-1-4-9-17)19(22-21)14-13-18-10-5-2-6-11-18/h1-12,16,19H,13-15H2,(H,22,23)/b12-7+/t19-/m0/s1. The van der Waals surface area contributed by atoms with Gasteiger partial charge in [-0.3, -0.25) is 4.79 Å². The van der Waals surface area contributed by atoms with E-state index in [1.807, 2.05) is 60.7 Å². The first-order valence-electron chi connectivity index (χ1n) is 8.22. The third kappa shape index (κ3) is 4.59. The summed E-state index contributed by atoms with van der Waals surface area (Å²) in [7, 11) is 0. The minimum absolute atomic E-state index is 0.0390. The van der Waals surface area contributed by atoms with E-state index in [0.29, 0.717) is 6.61 Å². The Balaban J connectivity index is 1.50. The van der Waals surface area contributed by atoms with Gasteiger partial charge in [0.05, 0.1) is 6.04 Å². The van der Waals surface area contributed by atoms with Crippen molar-refractivity contribution in [2.45, 2.75) is 18.9 Å². The lowest BCUT2D eigenvalue weighted by atomic mass is 10.1. The third-order valence-corrected chi connectivity index (χ3v) is 3.95. The molecule has 0 unspecified atom stereocenters. The van der Waals surface area contributed by atoms with E-state index in [1.54, 1.807) is 6.08 Å². The second kappa shape index (κ2) is 8.16. The SMILES string of the molecule is O=C1C=C(OC/C=C/c2ccccc2)[C@H](CCc2ccccc2)N1. The lowest BCUT2D eigenvalue weighted by molar-refractivity contribution is -0.116. The summed E-state index contributed by atoms with van der Waals surface area (Å²) in [5, 5.41) is 2.95. The Kier molecular flexibility index (Phi) is 5.46. The smallest absolute Gasteiger partial charge is 0.248 e. The first-order valence-corrected chi connectivity index (χ1v) is 8.22. The molecule has 0 saturated heterocycles. The zero-order valence-corrected chi connectivity index (χ0v) is 13.5. The Morgan fingerprint density at radius 2 is 1.71 bits per heavy atom. The molecule has 1 heterocycles. The largest absolute Gasteiger partial charge is 0.491 e. The number of benzene rings is 2. The third-order valence-electron chi connectivity index (χ3n) is 3.95. The van der Waals surface area contributed by atoms with Gasteiger partial charge in [-0.2, -0.15) is 0 Å². The number of amides is 1. The van der Waals surface area contributed by atoms with E-state index >= 15 is 0 Å². The Bertz CT molecular complexity index is 720. The van der Waals surface area contributed by atoms with Gasteiger partial charge in [0.25, 0.3) is 0 Å². The van der Waals surface area contributed by atoms with E-state index in [4.69, 9.17) is 4.74 Å². The van der Waals surface area contributed by atoms with Crippen LogP contribution in [0.15, 0.2) is 78.6 Å². The molecular weight excluding hydrogens is 298 g/mol. The van der Waals surface area contributed by atoms with Crippen molar-refractivity contribution in [1.82, 2.24) is 5.32 Å².